The van der Waals surface area contributed by atoms with Gasteiger partial charge in [0.15, 0.2) is 11.5 Å². The van der Waals surface area contributed by atoms with Crippen LogP contribution in [0.4, 0.5) is 0 Å². The van der Waals surface area contributed by atoms with Gasteiger partial charge in [-0.2, -0.15) is 0 Å². The molecule has 2 rings (SSSR count). The van der Waals surface area contributed by atoms with Gasteiger partial charge in [-0.3, -0.25) is 4.90 Å². The van der Waals surface area contributed by atoms with Gasteiger partial charge in [-0.15, -0.1) is 0 Å². The largest absolute Gasteiger partial charge is 0.476 e. The molecule has 1 aromatic rings. The molecule has 1 fully saturated rings. The van der Waals surface area contributed by atoms with E-state index >= 15 is 0 Å². The van der Waals surface area contributed by atoms with Crippen molar-refractivity contribution in [3.63, 3.8) is 0 Å². The first kappa shape index (κ1) is 12.1. The van der Waals surface area contributed by atoms with Crippen LogP contribution in [0.3, 0.4) is 0 Å². The summed E-state index contributed by atoms with van der Waals surface area (Å²) in [6, 6.07) is 1.51. The molecule has 17 heavy (non-hydrogen) atoms. The maximum atomic E-state index is 10.7. The fraction of sp³-hybridized carbons (Fsp3) is 0.667. The predicted molar refractivity (Wildman–Crippen MR) is 61.8 cm³/mol. The van der Waals surface area contributed by atoms with Gasteiger partial charge in [0, 0.05) is 6.07 Å². The Bertz CT molecular complexity index is 368. The van der Waals surface area contributed by atoms with Gasteiger partial charge in [0.2, 0.25) is 0 Å². The van der Waals surface area contributed by atoms with E-state index in [0.29, 0.717) is 12.3 Å². The summed E-state index contributed by atoms with van der Waals surface area (Å²) in [6.45, 7) is 2.78. The molecule has 1 aliphatic heterocycles. The van der Waals surface area contributed by atoms with Gasteiger partial charge in [0.1, 0.15) is 0 Å². The molecular formula is C12H18N2O3. The molecule has 94 valence electrons. The lowest BCUT2D eigenvalue weighted by Crippen LogP contribution is -2.26. The highest BCUT2D eigenvalue weighted by atomic mass is 16.5. The summed E-state index contributed by atoms with van der Waals surface area (Å²) in [5, 5.41) is 12.3. The molecule has 1 aromatic heterocycles. The minimum atomic E-state index is -1.03. The molecule has 0 unspecified atom stereocenters. The summed E-state index contributed by atoms with van der Waals surface area (Å²) in [4.78, 5) is 13.0. The average molecular weight is 238 g/mol. The number of carboxylic acids is 1. The third-order valence-corrected chi connectivity index (χ3v) is 3.11. The highest BCUT2D eigenvalue weighted by Gasteiger charge is 2.14. The molecule has 1 saturated heterocycles. The zero-order valence-corrected chi connectivity index (χ0v) is 9.89. The number of carbonyl (C=O) groups is 1. The van der Waals surface area contributed by atoms with Crippen molar-refractivity contribution in [2.24, 2.45) is 0 Å². The Labute approximate surface area is 100 Å². The highest BCUT2D eigenvalue weighted by Crippen LogP contribution is 2.14. The van der Waals surface area contributed by atoms with E-state index in [-0.39, 0.29) is 5.69 Å². The number of nitrogens with zero attached hydrogens (tertiary/aromatic N) is 2. The Hall–Kier alpha value is -1.36. The summed E-state index contributed by atoms with van der Waals surface area (Å²) in [5.41, 5.74) is -0.00737. The van der Waals surface area contributed by atoms with Gasteiger partial charge in [-0.1, -0.05) is 24.4 Å². The second-order valence-corrected chi connectivity index (χ2v) is 4.53. The van der Waals surface area contributed by atoms with E-state index in [0.717, 1.165) is 13.1 Å². The molecule has 0 atom stereocenters. The smallest absolute Gasteiger partial charge is 0.358 e. The molecule has 0 amide bonds. The molecule has 0 radical (unpaired) electrons. The Morgan fingerprint density at radius 3 is 2.53 bits per heavy atom. The minimum absolute atomic E-state index is 0.00737. The first-order valence-electron chi connectivity index (χ1n) is 6.17. The second kappa shape index (κ2) is 5.82. The number of likely N-dealkylation sites (tertiary alicyclic amines) is 1. The first-order chi connectivity index (χ1) is 8.25. The van der Waals surface area contributed by atoms with Crippen molar-refractivity contribution in [1.82, 2.24) is 10.1 Å². The van der Waals surface area contributed by atoms with Crippen LogP contribution in [-0.4, -0.2) is 34.2 Å². The Morgan fingerprint density at radius 2 is 1.94 bits per heavy atom. The van der Waals surface area contributed by atoms with Gasteiger partial charge in [-0.25, -0.2) is 4.79 Å². The zero-order valence-electron chi connectivity index (χ0n) is 9.89. The summed E-state index contributed by atoms with van der Waals surface area (Å²) in [5.74, 6) is -0.393. The van der Waals surface area contributed by atoms with Crippen LogP contribution in [-0.2, 0) is 6.54 Å². The molecule has 1 aliphatic rings. The minimum Gasteiger partial charge on any atom is -0.476 e. The molecule has 0 saturated carbocycles. The molecule has 0 bridgehead atoms. The molecule has 0 spiro atoms. The van der Waals surface area contributed by atoms with E-state index in [1.54, 1.807) is 0 Å². The van der Waals surface area contributed by atoms with E-state index in [4.69, 9.17) is 9.63 Å². The SMILES string of the molecule is O=C(O)c1cc(CN2CCCCCCC2)on1. The predicted octanol–water partition coefficient (Wildman–Crippen LogP) is 2.14. The monoisotopic (exact) mass is 238 g/mol. The maximum absolute atomic E-state index is 10.7. The van der Waals surface area contributed by atoms with Crippen molar-refractivity contribution in [2.45, 2.75) is 38.6 Å². The summed E-state index contributed by atoms with van der Waals surface area (Å²) in [6.07, 6.45) is 6.32. The van der Waals surface area contributed by atoms with Crippen LogP contribution in [0.5, 0.6) is 0 Å². The van der Waals surface area contributed by atoms with Crippen LogP contribution >= 0.6 is 0 Å². The van der Waals surface area contributed by atoms with Crippen molar-refractivity contribution >= 4 is 5.97 Å². The summed E-state index contributed by atoms with van der Waals surface area (Å²) in [7, 11) is 0. The highest BCUT2D eigenvalue weighted by molar-refractivity contribution is 5.85. The second-order valence-electron chi connectivity index (χ2n) is 4.53. The fourth-order valence-corrected chi connectivity index (χ4v) is 2.18. The number of aromatic carboxylic acids is 1. The molecule has 5 heteroatoms. The van der Waals surface area contributed by atoms with Gasteiger partial charge < -0.3 is 9.63 Å². The molecule has 0 aromatic carbocycles. The van der Waals surface area contributed by atoms with Crippen LogP contribution in [0.15, 0.2) is 10.6 Å². The van der Waals surface area contributed by atoms with Crippen LogP contribution < -0.4 is 0 Å². The molecule has 0 aliphatic carbocycles. The van der Waals surface area contributed by atoms with Crippen molar-refractivity contribution in [3.05, 3.63) is 17.5 Å². The fourth-order valence-electron chi connectivity index (χ4n) is 2.18. The molecular weight excluding hydrogens is 220 g/mol. The molecule has 2 heterocycles. The Morgan fingerprint density at radius 1 is 1.29 bits per heavy atom. The van der Waals surface area contributed by atoms with E-state index < -0.39 is 5.97 Å². The summed E-state index contributed by atoms with van der Waals surface area (Å²) >= 11 is 0. The summed E-state index contributed by atoms with van der Waals surface area (Å²) < 4.78 is 5.03. The number of hydrogen-bond donors (Lipinski definition) is 1. The number of rotatable bonds is 3. The van der Waals surface area contributed by atoms with E-state index in [1.165, 1.54) is 38.2 Å². The van der Waals surface area contributed by atoms with Crippen LogP contribution in [0.2, 0.25) is 0 Å². The normalized spacial score (nSPS) is 18.6. The van der Waals surface area contributed by atoms with Crippen LogP contribution in [0, 0.1) is 0 Å². The Kier molecular flexibility index (Phi) is 4.14. The first-order valence-corrected chi connectivity index (χ1v) is 6.17. The average Bonchev–Trinajstić information content (AvgIpc) is 2.70. The van der Waals surface area contributed by atoms with Crippen LogP contribution in [0.1, 0.15) is 48.4 Å². The Balaban J connectivity index is 1.91. The standard InChI is InChI=1S/C12H18N2O3/c15-12(16)11-8-10(17-13-11)9-14-6-4-2-1-3-5-7-14/h8H,1-7,9H2,(H,15,16). The zero-order chi connectivity index (χ0) is 12.1. The van der Waals surface area contributed by atoms with E-state index in [2.05, 4.69) is 10.1 Å². The van der Waals surface area contributed by atoms with Gasteiger partial charge in [0.25, 0.3) is 0 Å². The van der Waals surface area contributed by atoms with Gasteiger partial charge in [0.05, 0.1) is 6.54 Å². The topological polar surface area (TPSA) is 66.6 Å². The lowest BCUT2D eigenvalue weighted by Gasteiger charge is -2.22. The maximum Gasteiger partial charge on any atom is 0.358 e. The molecule has 5 nitrogen and oxygen atoms in total. The van der Waals surface area contributed by atoms with E-state index in [9.17, 15) is 4.79 Å². The van der Waals surface area contributed by atoms with Crippen LogP contribution in [0.25, 0.3) is 0 Å². The number of aromatic nitrogens is 1. The quantitative estimate of drug-likeness (QED) is 0.873. The number of hydrogen-bond acceptors (Lipinski definition) is 4. The third-order valence-electron chi connectivity index (χ3n) is 3.11. The van der Waals surface area contributed by atoms with Crippen molar-refractivity contribution in [3.8, 4) is 0 Å². The molecule has 1 N–H and O–H groups in total. The van der Waals surface area contributed by atoms with Crippen molar-refractivity contribution < 1.29 is 14.4 Å². The van der Waals surface area contributed by atoms with Crippen molar-refractivity contribution in [1.29, 1.82) is 0 Å². The van der Waals surface area contributed by atoms with Gasteiger partial charge in [-0.05, 0) is 25.9 Å². The lowest BCUT2D eigenvalue weighted by atomic mass is 10.1. The van der Waals surface area contributed by atoms with E-state index in [1.807, 2.05) is 0 Å². The third kappa shape index (κ3) is 3.56. The number of carboxylic acid groups (broad SMARTS) is 1. The lowest BCUT2D eigenvalue weighted by molar-refractivity contribution is 0.0685. The van der Waals surface area contributed by atoms with Crippen molar-refractivity contribution in [2.75, 3.05) is 13.1 Å². The van der Waals surface area contributed by atoms with Gasteiger partial charge >= 0.3 is 5.97 Å².